The molecule has 1 unspecified atom stereocenters. The molecule has 0 bridgehead atoms. The van der Waals surface area contributed by atoms with Gasteiger partial charge in [0.1, 0.15) is 11.5 Å². The number of aromatic nitrogens is 3. The summed E-state index contributed by atoms with van der Waals surface area (Å²) >= 11 is 0. The van der Waals surface area contributed by atoms with E-state index in [1.807, 2.05) is 25.1 Å². The lowest BCUT2D eigenvalue weighted by atomic mass is 10.1. The molecule has 0 spiro atoms. The highest BCUT2D eigenvalue weighted by Crippen LogP contribution is 2.32. The highest BCUT2D eigenvalue weighted by molar-refractivity contribution is 5.59. The summed E-state index contributed by atoms with van der Waals surface area (Å²) in [6.45, 7) is 2.42. The second-order valence-electron chi connectivity index (χ2n) is 7.25. The van der Waals surface area contributed by atoms with Crippen molar-refractivity contribution >= 4 is 5.82 Å². The number of pyridine rings is 1. The Balaban J connectivity index is 1.62. The molecule has 5 nitrogen and oxygen atoms in total. The van der Waals surface area contributed by atoms with E-state index < -0.39 is 12.7 Å². The van der Waals surface area contributed by atoms with Crippen LogP contribution < -0.4 is 4.90 Å². The number of halogens is 3. The minimum absolute atomic E-state index is 0.189. The van der Waals surface area contributed by atoms with Crippen LogP contribution in [0.3, 0.4) is 0 Å². The summed E-state index contributed by atoms with van der Waals surface area (Å²) in [5.74, 6) is 1.47. The van der Waals surface area contributed by atoms with Gasteiger partial charge in [0.05, 0.1) is 6.54 Å². The van der Waals surface area contributed by atoms with Crippen molar-refractivity contribution in [1.29, 1.82) is 0 Å². The molecule has 0 amide bonds. The van der Waals surface area contributed by atoms with Crippen molar-refractivity contribution in [3.05, 3.63) is 35.7 Å². The molecule has 3 heterocycles. The Kier molecular flexibility index (Phi) is 4.75. The topological polar surface area (TPSA) is 45.2 Å². The standard InChI is InChI=1S/C19H22F3N5/c1-13-11-26(9-10-27(13)12-19(20,21)22)18-14-5-4-7-15(14)24-17(25-18)16-6-2-3-8-23-16/h2-3,6,8,13H,4-5,7,9-12H2,1H3. The fraction of sp³-hybridized carbons (Fsp3) is 0.526. The zero-order chi connectivity index (χ0) is 19.0. The van der Waals surface area contributed by atoms with Crippen LogP contribution in [-0.2, 0) is 12.8 Å². The second-order valence-corrected chi connectivity index (χ2v) is 7.25. The summed E-state index contributed by atoms with van der Waals surface area (Å²) in [7, 11) is 0. The first-order chi connectivity index (χ1) is 12.9. The van der Waals surface area contributed by atoms with Gasteiger partial charge in [-0.1, -0.05) is 6.07 Å². The highest BCUT2D eigenvalue weighted by Gasteiger charge is 2.36. The average molecular weight is 377 g/mol. The van der Waals surface area contributed by atoms with E-state index >= 15 is 0 Å². The molecule has 4 rings (SSSR count). The molecule has 0 radical (unpaired) electrons. The zero-order valence-electron chi connectivity index (χ0n) is 15.2. The third kappa shape index (κ3) is 3.90. The summed E-state index contributed by atoms with van der Waals surface area (Å²) in [5, 5.41) is 0. The van der Waals surface area contributed by atoms with E-state index in [2.05, 4.69) is 9.88 Å². The molecule has 1 aliphatic heterocycles. The van der Waals surface area contributed by atoms with Crippen LogP contribution in [0.5, 0.6) is 0 Å². The van der Waals surface area contributed by atoms with E-state index in [0.717, 1.165) is 42.0 Å². The van der Waals surface area contributed by atoms with Crippen molar-refractivity contribution < 1.29 is 13.2 Å². The summed E-state index contributed by atoms with van der Waals surface area (Å²) in [6.07, 6.45) is 0.410. The van der Waals surface area contributed by atoms with Crippen LogP contribution in [0, 0.1) is 0 Å². The van der Waals surface area contributed by atoms with Crippen LogP contribution in [-0.4, -0.2) is 58.2 Å². The molecule has 0 aromatic carbocycles. The van der Waals surface area contributed by atoms with Gasteiger partial charge in [-0.25, -0.2) is 9.97 Å². The van der Waals surface area contributed by atoms with Gasteiger partial charge in [0.25, 0.3) is 0 Å². The van der Waals surface area contributed by atoms with E-state index in [9.17, 15) is 13.2 Å². The number of hydrogen-bond donors (Lipinski definition) is 0. The summed E-state index contributed by atoms with van der Waals surface area (Å²) < 4.78 is 38.3. The monoisotopic (exact) mass is 377 g/mol. The third-order valence-electron chi connectivity index (χ3n) is 5.25. The molecule has 2 aliphatic rings. The van der Waals surface area contributed by atoms with Crippen LogP contribution in [0.1, 0.15) is 24.6 Å². The van der Waals surface area contributed by atoms with Crippen LogP contribution >= 0.6 is 0 Å². The number of hydrogen-bond acceptors (Lipinski definition) is 5. The lowest BCUT2D eigenvalue weighted by molar-refractivity contribution is -0.150. The molecule has 1 aliphatic carbocycles. The molecule has 27 heavy (non-hydrogen) atoms. The van der Waals surface area contributed by atoms with Crippen LogP contribution in [0.15, 0.2) is 24.4 Å². The number of rotatable bonds is 3. The highest BCUT2D eigenvalue weighted by atomic mass is 19.4. The number of anilines is 1. The van der Waals surface area contributed by atoms with Gasteiger partial charge in [-0.05, 0) is 38.3 Å². The first-order valence-electron chi connectivity index (χ1n) is 9.27. The summed E-state index contributed by atoms with van der Waals surface area (Å²) in [6, 6.07) is 5.44. The van der Waals surface area contributed by atoms with Gasteiger partial charge in [0.2, 0.25) is 0 Å². The molecule has 0 saturated carbocycles. The number of piperazine rings is 1. The van der Waals surface area contributed by atoms with Crippen molar-refractivity contribution in [2.45, 2.75) is 38.4 Å². The van der Waals surface area contributed by atoms with Crippen molar-refractivity contribution in [1.82, 2.24) is 19.9 Å². The quantitative estimate of drug-likeness (QED) is 0.823. The smallest absolute Gasteiger partial charge is 0.353 e. The van der Waals surface area contributed by atoms with Crippen LogP contribution in [0.4, 0.5) is 19.0 Å². The van der Waals surface area contributed by atoms with Gasteiger partial charge < -0.3 is 4.90 Å². The fourth-order valence-corrected chi connectivity index (χ4v) is 3.94. The molecule has 1 fully saturated rings. The Morgan fingerprint density at radius 3 is 2.70 bits per heavy atom. The van der Waals surface area contributed by atoms with Gasteiger partial charge in [0.15, 0.2) is 5.82 Å². The average Bonchev–Trinajstić information content (AvgIpc) is 3.11. The fourth-order valence-electron chi connectivity index (χ4n) is 3.94. The van der Waals surface area contributed by atoms with E-state index in [4.69, 9.17) is 9.97 Å². The molecular weight excluding hydrogens is 355 g/mol. The molecule has 0 N–H and O–H groups in total. The third-order valence-corrected chi connectivity index (χ3v) is 5.25. The Hall–Kier alpha value is -2.22. The van der Waals surface area contributed by atoms with Gasteiger partial charge >= 0.3 is 6.18 Å². The van der Waals surface area contributed by atoms with Crippen LogP contribution in [0.2, 0.25) is 0 Å². The Morgan fingerprint density at radius 1 is 1.15 bits per heavy atom. The molecule has 1 saturated heterocycles. The minimum atomic E-state index is -4.17. The SMILES string of the molecule is CC1CN(c2nc(-c3ccccn3)nc3c2CCC3)CCN1CC(F)(F)F. The van der Waals surface area contributed by atoms with E-state index in [0.29, 0.717) is 25.5 Å². The maximum Gasteiger partial charge on any atom is 0.401 e. The minimum Gasteiger partial charge on any atom is -0.353 e. The number of nitrogens with zero attached hydrogens (tertiary/aromatic N) is 5. The molecule has 2 aromatic heterocycles. The lowest BCUT2D eigenvalue weighted by Crippen LogP contribution is -2.54. The number of aryl methyl sites for hydroxylation is 1. The van der Waals surface area contributed by atoms with E-state index in [-0.39, 0.29) is 6.04 Å². The van der Waals surface area contributed by atoms with Crippen molar-refractivity contribution in [3.8, 4) is 11.5 Å². The lowest BCUT2D eigenvalue weighted by Gasteiger charge is -2.41. The molecule has 144 valence electrons. The first kappa shape index (κ1) is 18.2. The maximum atomic E-state index is 12.8. The largest absolute Gasteiger partial charge is 0.401 e. The van der Waals surface area contributed by atoms with Crippen LogP contribution in [0.25, 0.3) is 11.5 Å². The van der Waals surface area contributed by atoms with Gasteiger partial charge in [-0.2, -0.15) is 13.2 Å². The Labute approximate surface area is 156 Å². The summed E-state index contributed by atoms with van der Waals surface area (Å²) in [5.41, 5.74) is 2.91. The van der Waals surface area contributed by atoms with E-state index in [1.54, 1.807) is 6.20 Å². The molecule has 8 heteroatoms. The normalized spacial score (nSPS) is 20.7. The molecule has 2 aromatic rings. The second kappa shape index (κ2) is 7.07. The predicted molar refractivity (Wildman–Crippen MR) is 96.6 cm³/mol. The maximum absolute atomic E-state index is 12.8. The number of fused-ring (bicyclic) bond motifs is 1. The summed E-state index contributed by atoms with van der Waals surface area (Å²) in [4.78, 5) is 17.5. The predicted octanol–water partition coefficient (Wildman–Crippen LogP) is 3.10. The number of alkyl halides is 3. The zero-order valence-corrected chi connectivity index (χ0v) is 15.2. The molecule has 1 atom stereocenters. The Morgan fingerprint density at radius 2 is 2.00 bits per heavy atom. The van der Waals surface area contributed by atoms with Gasteiger partial charge in [-0.15, -0.1) is 0 Å². The van der Waals surface area contributed by atoms with Crippen molar-refractivity contribution in [2.75, 3.05) is 31.1 Å². The Bertz CT molecular complexity index is 809. The van der Waals surface area contributed by atoms with Gasteiger partial charge in [-0.3, -0.25) is 9.88 Å². The van der Waals surface area contributed by atoms with Crippen molar-refractivity contribution in [2.24, 2.45) is 0 Å². The van der Waals surface area contributed by atoms with Crippen molar-refractivity contribution in [3.63, 3.8) is 0 Å². The van der Waals surface area contributed by atoms with Gasteiger partial charge in [0, 0.05) is 43.1 Å². The first-order valence-corrected chi connectivity index (χ1v) is 9.27. The van der Waals surface area contributed by atoms with E-state index in [1.165, 1.54) is 4.90 Å². The molecular formula is C19H22F3N5.